The molecule has 1 aromatic carbocycles. The number of hydrogen-bond acceptors (Lipinski definition) is 4. The Labute approximate surface area is 183 Å². The van der Waals surface area contributed by atoms with Crippen molar-refractivity contribution in [2.24, 2.45) is 10.9 Å². The predicted octanol–water partition coefficient (Wildman–Crippen LogP) is 3.59. The summed E-state index contributed by atoms with van der Waals surface area (Å²) in [5, 5.41) is 6.89. The zero-order chi connectivity index (χ0) is 21.6. The zero-order valence-electron chi connectivity index (χ0n) is 19.5. The first-order valence-corrected chi connectivity index (χ1v) is 11.6. The van der Waals surface area contributed by atoms with Crippen molar-refractivity contribution < 1.29 is 9.47 Å². The Bertz CT molecular complexity index is 628. The van der Waals surface area contributed by atoms with Gasteiger partial charge in [0.2, 0.25) is 0 Å². The topological polar surface area (TPSA) is 58.1 Å². The molecule has 0 spiro atoms. The predicted molar refractivity (Wildman–Crippen MR) is 125 cm³/mol. The maximum atomic E-state index is 6.00. The highest BCUT2D eigenvalue weighted by Crippen LogP contribution is 2.22. The molecule has 0 amide bonds. The van der Waals surface area contributed by atoms with Gasteiger partial charge in [-0.15, -0.1) is 0 Å². The van der Waals surface area contributed by atoms with Crippen molar-refractivity contribution in [3.8, 4) is 5.75 Å². The van der Waals surface area contributed by atoms with Gasteiger partial charge in [0.25, 0.3) is 0 Å². The third-order valence-corrected chi connectivity index (χ3v) is 5.72. The van der Waals surface area contributed by atoms with E-state index in [-0.39, 0.29) is 0 Å². The molecular weight excluding hydrogens is 376 g/mol. The number of benzene rings is 1. The number of aryl methyl sites for hydroxylation is 1. The van der Waals surface area contributed by atoms with Crippen molar-refractivity contribution >= 4 is 5.96 Å². The van der Waals surface area contributed by atoms with Gasteiger partial charge in [0.05, 0.1) is 13.2 Å². The van der Waals surface area contributed by atoms with Crippen molar-refractivity contribution in [2.75, 3.05) is 53.0 Å². The molecule has 6 heteroatoms. The molecule has 2 N–H and O–H groups in total. The van der Waals surface area contributed by atoms with Gasteiger partial charge in [0.15, 0.2) is 5.96 Å². The summed E-state index contributed by atoms with van der Waals surface area (Å²) in [6, 6.07) is 6.34. The summed E-state index contributed by atoms with van der Waals surface area (Å²) in [6.45, 7) is 13.9. The lowest BCUT2D eigenvalue weighted by Crippen LogP contribution is -2.39. The number of nitrogens with one attached hydrogen (secondary N) is 2. The maximum absolute atomic E-state index is 6.00. The van der Waals surface area contributed by atoms with Gasteiger partial charge < -0.3 is 25.0 Å². The number of aliphatic imine (C=N–C) groups is 1. The van der Waals surface area contributed by atoms with E-state index in [1.54, 1.807) is 7.11 Å². The van der Waals surface area contributed by atoms with Crippen LogP contribution in [0.1, 0.15) is 50.7 Å². The van der Waals surface area contributed by atoms with Crippen molar-refractivity contribution in [1.29, 1.82) is 0 Å². The second-order valence-electron chi connectivity index (χ2n) is 8.09. The van der Waals surface area contributed by atoms with Crippen LogP contribution in [0.15, 0.2) is 23.2 Å². The van der Waals surface area contributed by atoms with Crippen LogP contribution in [0.4, 0.5) is 0 Å². The number of hydrogen-bond donors (Lipinski definition) is 2. The first kappa shape index (κ1) is 24.5. The van der Waals surface area contributed by atoms with Crippen LogP contribution in [0.3, 0.4) is 0 Å². The van der Waals surface area contributed by atoms with Crippen molar-refractivity contribution in [3.05, 3.63) is 29.3 Å². The normalized spacial score (nSPS) is 15.9. The Hall–Kier alpha value is -1.79. The van der Waals surface area contributed by atoms with E-state index in [1.807, 2.05) is 0 Å². The molecule has 1 aliphatic heterocycles. The summed E-state index contributed by atoms with van der Waals surface area (Å²) in [4.78, 5) is 7.36. The van der Waals surface area contributed by atoms with Gasteiger partial charge in [-0.1, -0.05) is 19.1 Å². The summed E-state index contributed by atoms with van der Waals surface area (Å²) >= 11 is 0. The number of piperidine rings is 1. The minimum absolute atomic E-state index is 0.601. The fourth-order valence-electron chi connectivity index (χ4n) is 3.80. The molecule has 1 fully saturated rings. The molecule has 2 rings (SSSR count). The van der Waals surface area contributed by atoms with Crippen LogP contribution in [0.5, 0.6) is 5.75 Å². The Morgan fingerprint density at radius 2 is 1.97 bits per heavy atom. The maximum Gasteiger partial charge on any atom is 0.191 e. The largest absolute Gasteiger partial charge is 0.493 e. The molecule has 1 heterocycles. The molecule has 0 aliphatic carbocycles. The van der Waals surface area contributed by atoms with Crippen LogP contribution in [0.25, 0.3) is 0 Å². The Balaban J connectivity index is 1.86. The van der Waals surface area contributed by atoms with Crippen molar-refractivity contribution in [3.63, 3.8) is 0 Å². The van der Waals surface area contributed by atoms with Crippen LogP contribution < -0.4 is 15.4 Å². The van der Waals surface area contributed by atoms with E-state index in [0.29, 0.717) is 19.8 Å². The molecule has 0 aromatic heterocycles. The summed E-state index contributed by atoms with van der Waals surface area (Å²) in [5.41, 5.74) is 2.31. The minimum atomic E-state index is 0.601. The van der Waals surface area contributed by atoms with E-state index < -0.39 is 0 Å². The average Bonchev–Trinajstić information content (AvgIpc) is 2.76. The molecule has 30 heavy (non-hydrogen) atoms. The third kappa shape index (κ3) is 8.92. The number of rotatable bonds is 12. The average molecular weight is 419 g/mol. The van der Waals surface area contributed by atoms with E-state index in [0.717, 1.165) is 42.7 Å². The molecule has 0 bridgehead atoms. The number of likely N-dealkylation sites (tertiary alicyclic amines) is 1. The van der Waals surface area contributed by atoms with E-state index >= 15 is 0 Å². The second kappa shape index (κ2) is 14.3. The SMILES string of the molecule is CCNC(=NCc1ccc(C)cc1OCCCOC)NCCC1CCN(CC)CC1. The van der Waals surface area contributed by atoms with Gasteiger partial charge >= 0.3 is 0 Å². The Kier molecular flexibility index (Phi) is 11.6. The molecular formula is C24H42N4O2. The van der Waals surface area contributed by atoms with E-state index in [4.69, 9.17) is 14.5 Å². The zero-order valence-corrected chi connectivity index (χ0v) is 19.5. The van der Waals surface area contributed by atoms with Crippen molar-refractivity contribution in [2.45, 2.75) is 53.0 Å². The quantitative estimate of drug-likeness (QED) is 0.309. The summed E-state index contributed by atoms with van der Waals surface area (Å²) in [7, 11) is 1.72. The van der Waals surface area contributed by atoms with Gasteiger partial charge in [-0.05, 0) is 70.3 Å². The highest BCUT2D eigenvalue weighted by atomic mass is 16.5. The van der Waals surface area contributed by atoms with Crippen LogP contribution in [-0.2, 0) is 11.3 Å². The minimum Gasteiger partial charge on any atom is -0.493 e. The number of nitrogens with zero attached hydrogens (tertiary/aromatic N) is 2. The molecule has 170 valence electrons. The van der Waals surface area contributed by atoms with E-state index in [2.05, 4.69) is 54.5 Å². The second-order valence-corrected chi connectivity index (χ2v) is 8.09. The molecule has 1 aliphatic rings. The molecule has 0 saturated carbocycles. The van der Waals surface area contributed by atoms with Crippen molar-refractivity contribution in [1.82, 2.24) is 15.5 Å². The monoisotopic (exact) mass is 418 g/mol. The number of guanidine groups is 1. The molecule has 1 aromatic rings. The van der Waals surface area contributed by atoms with E-state index in [1.165, 1.54) is 44.5 Å². The van der Waals surface area contributed by atoms with Gasteiger partial charge in [0.1, 0.15) is 5.75 Å². The summed E-state index contributed by atoms with van der Waals surface area (Å²) in [5.74, 6) is 2.63. The standard InChI is InChI=1S/C24H42N4O2/c1-5-25-24(26-13-10-21-11-14-28(6-2)15-12-21)27-19-22-9-8-20(3)18-23(22)30-17-7-16-29-4/h8-9,18,21H,5-7,10-17,19H2,1-4H3,(H2,25,26,27). The number of methoxy groups -OCH3 is 1. The highest BCUT2D eigenvalue weighted by Gasteiger charge is 2.17. The first-order chi connectivity index (χ1) is 14.7. The Morgan fingerprint density at radius 3 is 2.67 bits per heavy atom. The van der Waals surface area contributed by atoms with Crippen LogP contribution in [0, 0.1) is 12.8 Å². The van der Waals surface area contributed by atoms with Crippen LogP contribution in [0.2, 0.25) is 0 Å². The fraction of sp³-hybridized carbons (Fsp3) is 0.708. The Morgan fingerprint density at radius 1 is 1.17 bits per heavy atom. The molecule has 0 atom stereocenters. The first-order valence-electron chi connectivity index (χ1n) is 11.6. The molecule has 0 radical (unpaired) electrons. The van der Waals surface area contributed by atoms with Gasteiger partial charge in [0, 0.05) is 38.8 Å². The summed E-state index contributed by atoms with van der Waals surface area (Å²) in [6.07, 6.45) is 4.72. The third-order valence-electron chi connectivity index (χ3n) is 5.72. The lowest BCUT2D eigenvalue weighted by molar-refractivity contribution is 0.172. The van der Waals surface area contributed by atoms with E-state index in [9.17, 15) is 0 Å². The molecule has 1 saturated heterocycles. The van der Waals surface area contributed by atoms with Gasteiger partial charge in [-0.25, -0.2) is 4.99 Å². The lowest BCUT2D eigenvalue weighted by Gasteiger charge is -2.31. The van der Waals surface area contributed by atoms with Crippen LogP contribution >= 0.6 is 0 Å². The molecule has 6 nitrogen and oxygen atoms in total. The van der Waals surface area contributed by atoms with Crippen LogP contribution in [-0.4, -0.2) is 63.9 Å². The number of ether oxygens (including phenoxy) is 2. The molecule has 0 unspecified atom stereocenters. The fourth-order valence-corrected chi connectivity index (χ4v) is 3.80. The van der Waals surface area contributed by atoms with Gasteiger partial charge in [-0.3, -0.25) is 0 Å². The van der Waals surface area contributed by atoms with Gasteiger partial charge in [-0.2, -0.15) is 0 Å². The highest BCUT2D eigenvalue weighted by molar-refractivity contribution is 5.79. The lowest BCUT2D eigenvalue weighted by atomic mass is 9.93. The smallest absolute Gasteiger partial charge is 0.191 e. The summed E-state index contributed by atoms with van der Waals surface area (Å²) < 4.78 is 11.1.